The molecule has 1 fully saturated rings. The van der Waals surface area contributed by atoms with E-state index in [4.69, 9.17) is 14.2 Å². The average molecular weight is 319 g/mol. The molecule has 2 heterocycles. The number of hydrogen-bond acceptors (Lipinski definition) is 4. The first-order valence-electron chi connectivity index (χ1n) is 8.16. The Morgan fingerprint density at radius 3 is 2.78 bits per heavy atom. The summed E-state index contributed by atoms with van der Waals surface area (Å²) in [6, 6.07) is 5.88. The maximum Gasteiger partial charge on any atom is 0.410 e. The Hall–Kier alpha value is -1.91. The van der Waals surface area contributed by atoms with Crippen molar-refractivity contribution in [1.82, 2.24) is 4.90 Å². The van der Waals surface area contributed by atoms with Gasteiger partial charge in [-0.1, -0.05) is 6.07 Å². The van der Waals surface area contributed by atoms with Crippen LogP contribution in [0, 0.1) is 5.92 Å². The molecule has 0 aromatic heterocycles. The minimum absolute atomic E-state index is 0.233. The van der Waals surface area contributed by atoms with E-state index in [0.717, 1.165) is 23.5 Å². The van der Waals surface area contributed by atoms with E-state index < -0.39 is 5.60 Å². The zero-order valence-electron chi connectivity index (χ0n) is 14.3. The van der Waals surface area contributed by atoms with Gasteiger partial charge in [0.05, 0.1) is 13.7 Å². The zero-order valence-corrected chi connectivity index (χ0v) is 14.3. The highest BCUT2D eigenvalue weighted by atomic mass is 16.6. The van der Waals surface area contributed by atoms with Crippen molar-refractivity contribution in [3.8, 4) is 11.5 Å². The van der Waals surface area contributed by atoms with E-state index in [2.05, 4.69) is 0 Å². The molecule has 1 aromatic carbocycles. The second-order valence-electron chi connectivity index (χ2n) is 7.26. The number of carbonyl (C=O) groups excluding carboxylic acids is 1. The number of hydrogen-bond donors (Lipinski definition) is 0. The minimum atomic E-state index is -0.472. The summed E-state index contributed by atoms with van der Waals surface area (Å²) in [5.74, 6) is 2.32. The van der Waals surface area contributed by atoms with Crippen molar-refractivity contribution >= 4 is 6.09 Å². The van der Waals surface area contributed by atoms with E-state index in [0.29, 0.717) is 25.6 Å². The van der Waals surface area contributed by atoms with Crippen LogP contribution < -0.4 is 9.47 Å². The van der Waals surface area contributed by atoms with Crippen LogP contribution in [0.3, 0.4) is 0 Å². The lowest BCUT2D eigenvalue weighted by Crippen LogP contribution is -2.35. The molecule has 2 aliphatic heterocycles. The molecular formula is C18H25NO4. The lowest BCUT2D eigenvalue weighted by molar-refractivity contribution is 0.0284. The summed E-state index contributed by atoms with van der Waals surface area (Å²) in [5.41, 5.74) is 0.615. The second-order valence-corrected chi connectivity index (χ2v) is 7.26. The van der Waals surface area contributed by atoms with Gasteiger partial charge >= 0.3 is 6.09 Å². The first-order valence-corrected chi connectivity index (χ1v) is 8.16. The van der Waals surface area contributed by atoms with E-state index in [-0.39, 0.29) is 12.0 Å². The lowest BCUT2D eigenvalue weighted by atomic mass is 9.87. The fourth-order valence-corrected chi connectivity index (χ4v) is 3.48. The molecule has 1 amide bonds. The normalized spacial score (nSPS) is 23.4. The predicted octanol–water partition coefficient (Wildman–Crippen LogP) is 3.43. The highest BCUT2D eigenvalue weighted by Gasteiger charge is 2.41. The van der Waals surface area contributed by atoms with E-state index in [9.17, 15) is 4.79 Å². The Morgan fingerprint density at radius 1 is 1.30 bits per heavy atom. The van der Waals surface area contributed by atoms with Crippen LogP contribution in [0.5, 0.6) is 11.5 Å². The van der Waals surface area contributed by atoms with Crippen LogP contribution in [0.15, 0.2) is 18.2 Å². The number of benzene rings is 1. The fourth-order valence-electron chi connectivity index (χ4n) is 3.48. The molecular weight excluding hydrogens is 294 g/mol. The molecule has 0 saturated carbocycles. The van der Waals surface area contributed by atoms with E-state index in [1.165, 1.54) is 0 Å². The van der Waals surface area contributed by atoms with Gasteiger partial charge in [-0.15, -0.1) is 0 Å². The largest absolute Gasteiger partial charge is 0.496 e. The van der Waals surface area contributed by atoms with Crippen LogP contribution in [-0.4, -0.2) is 43.4 Å². The predicted molar refractivity (Wildman–Crippen MR) is 87.1 cm³/mol. The zero-order chi connectivity index (χ0) is 16.6. The Balaban J connectivity index is 1.86. The minimum Gasteiger partial charge on any atom is -0.496 e. The van der Waals surface area contributed by atoms with Crippen molar-refractivity contribution in [2.75, 3.05) is 26.8 Å². The molecule has 1 saturated heterocycles. The van der Waals surface area contributed by atoms with Gasteiger partial charge in [0.2, 0.25) is 0 Å². The molecule has 3 rings (SSSR count). The van der Waals surface area contributed by atoms with Crippen molar-refractivity contribution in [3.63, 3.8) is 0 Å². The smallest absolute Gasteiger partial charge is 0.410 e. The van der Waals surface area contributed by atoms with E-state index >= 15 is 0 Å². The van der Waals surface area contributed by atoms with Crippen molar-refractivity contribution in [1.29, 1.82) is 0 Å². The van der Waals surface area contributed by atoms with Gasteiger partial charge in [0.1, 0.15) is 17.1 Å². The van der Waals surface area contributed by atoms with Crippen LogP contribution >= 0.6 is 0 Å². The molecule has 0 radical (unpaired) electrons. The number of fused-ring (bicyclic) bond motifs is 3. The standard InChI is InChI=1S/C18H25NO4/c1-18(2,3)23-17(20)19-10-12-8-9-22-15-7-5-6-14(21-4)16(15)13(12)11-19/h5-7,12-13H,8-11H2,1-4H3. The highest BCUT2D eigenvalue weighted by Crippen LogP contribution is 2.45. The van der Waals surface area contributed by atoms with Crippen molar-refractivity contribution < 1.29 is 19.0 Å². The molecule has 23 heavy (non-hydrogen) atoms. The Morgan fingerprint density at radius 2 is 2.09 bits per heavy atom. The average Bonchev–Trinajstić information content (AvgIpc) is 2.81. The number of ether oxygens (including phenoxy) is 3. The summed E-state index contributed by atoms with van der Waals surface area (Å²) in [4.78, 5) is 14.2. The van der Waals surface area contributed by atoms with Gasteiger partial charge in [0.25, 0.3) is 0 Å². The molecule has 5 nitrogen and oxygen atoms in total. The summed E-state index contributed by atoms with van der Waals surface area (Å²) in [5, 5.41) is 0. The van der Waals surface area contributed by atoms with Gasteiger partial charge in [-0.2, -0.15) is 0 Å². The summed E-state index contributed by atoms with van der Waals surface area (Å²) >= 11 is 0. The van der Waals surface area contributed by atoms with Gasteiger partial charge in [-0.25, -0.2) is 4.79 Å². The van der Waals surface area contributed by atoms with Crippen LogP contribution in [0.2, 0.25) is 0 Å². The fraction of sp³-hybridized carbons (Fsp3) is 0.611. The van der Waals surface area contributed by atoms with Crippen LogP contribution in [0.1, 0.15) is 38.7 Å². The molecule has 0 spiro atoms. The maximum absolute atomic E-state index is 12.4. The van der Waals surface area contributed by atoms with Crippen molar-refractivity contribution in [2.45, 2.75) is 38.7 Å². The third-order valence-corrected chi connectivity index (χ3v) is 4.46. The van der Waals surface area contributed by atoms with Gasteiger partial charge in [0.15, 0.2) is 0 Å². The number of rotatable bonds is 1. The Bertz CT molecular complexity index is 593. The number of carbonyl (C=O) groups is 1. The van der Waals surface area contributed by atoms with Gasteiger partial charge in [-0.05, 0) is 45.2 Å². The van der Waals surface area contributed by atoms with Crippen LogP contribution in [-0.2, 0) is 4.74 Å². The molecule has 2 unspecified atom stereocenters. The number of methoxy groups -OCH3 is 1. The summed E-state index contributed by atoms with van der Waals surface area (Å²) in [6.07, 6.45) is 0.699. The third-order valence-electron chi connectivity index (χ3n) is 4.46. The maximum atomic E-state index is 12.4. The molecule has 0 aliphatic carbocycles. The molecule has 126 valence electrons. The molecule has 0 bridgehead atoms. The number of likely N-dealkylation sites (tertiary alicyclic amines) is 1. The van der Waals surface area contributed by atoms with Crippen LogP contribution in [0.4, 0.5) is 4.79 Å². The Kier molecular flexibility index (Phi) is 4.13. The van der Waals surface area contributed by atoms with Gasteiger partial charge in [0, 0.05) is 24.6 Å². The van der Waals surface area contributed by atoms with E-state index in [1.54, 1.807) is 7.11 Å². The number of amides is 1. The molecule has 2 aliphatic rings. The topological polar surface area (TPSA) is 48.0 Å². The van der Waals surface area contributed by atoms with Crippen molar-refractivity contribution in [3.05, 3.63) is 23.8 Å². The summed E-state index contributed by atoms with van der Waals surface area (Å²) < 4.78 is 17.0. The van der Waals surface area contributed by atoms with Crippen LogP contribution in [0.25, 0.3) is 0 Å². The summed E-state index contributed by atoms with van der Waals surface area (Å²) in [6.45, 7) is 7.71. The molecule has 0 N–H and O–H groups in total. The van der Waals surface area contributed by atoms with E-state index in [1.807, 2.05) is 43.9 Å². The first-order chi connectivity index (χ1) is 10.9. The SMILES string of the molecule is COc1cccc2c1C1CN(C(=O)OC(C)(C)C)CC1CCO2. The van der Waals surface area contributed by atoms with Gasteiger partial charge < -0.3 is 19.1 Å². The van der Waals surface area contributed by atoms with Gasteiger partial charge in [-0.3, -0.25) is 0 Å². The summed E-state index contributed by atoms with van der Waals surface area (Å²) in [7, 11) is 1.68. The Labute approximate surface area is 137 Å². The second kappa shape index (κ2) is 5.95. The molecule has 2 atom stereocenters. The number of nitrogens with zero attached hydrogens (tertiary/aromatic N) is 1. The monoisotopic (exact) mass is 319 g/mol. The third kappa shape index (κ3) is 3.23. The molecule has 5 heteroatoms. The quantitative estimate of drug-likeness (QED) is 0.796. The van der Waals surface area contributed by atoms with Crippen molar-refractivity contribution in [2.24, 2.45) is 5.92 Å². The highest BCUT2D eigenvalue weighted by molar-refractivity contribution is 5.69. The lowest BCUT2D eigenvalue weighted by Gasteiger charge is -2.25. The first kappa shape index (κ1) is 16.0. The molecule has 1 aromatic rings.